The van der Waals surface area contributed by atoms with Crippen molar-refractivity contribution in [1.82, 2.24) is 0 Å². The van der Waals surface area contributed by atoms with Crippen LogP contribution in [0.3, 0.4) is 0 Å². The highest BCUT2D eigenvalue weighted by Crippen LogP contribution is 2.52. The minimum absolute atomic E-state index is 0.0289. The molecule has 0 radical (unpaired) electrons. The van der Waals surface area contributed by atoms with Gasteiger partial charge in [-0.2, -0.15) is 0 Å². The molecule has 3 saturated heterocycles. The van der Waals surface area contributed by atoms with Gasteiger partial charge in [0.15, 0.2) is 0 Å². The molecule has 5 atom stereocenters. The van der Waals surface area contributed by atoms with Crippen LogP contribution >= 0.6 is 0 Å². The molecule has 74 valence electrons. The van der Waals surface area contributed by atoms with Gasteiger partial charge in [0, 0.05) is 25.7 Å². The molecule has 4 bridgehead atoms. The van der Waals surface area contributed by atoms with E-state index in [2.05, 4.69) is 13.8 Å². The fourth-order valence-corrected chi connectivity index (χ4v) is 3.03. The summed E-state index contributed by atoms with van der Waals surface area (Å²) in [6.07, 6.45) is 2.73. The van der Waals surface area contributed by atoms with E-state index in [1.165, 1.54) is 0 Å². The van der Waals surface area contributed by atoms with Crippen molar-refractivity contribution < 1.29 is 14.2 Å². The summed E-state index contributed by atoms with van der Waals surface area (Å²) in [5.41, 5.74) is -0.0289. The number of hydrogen-bond acceptors (Lipinski definition) is 3. The van der Waals surface area contributed by atoms with E-state index < -0.39 is 5.97 Å². The molecule has 3 nitrogen and oxygen atoms in total. The summed E-state index contributed by atoms with van der Waals surface area (Å²) in [5, 5.41) is 0. The third-order valence-electron chi connectivity index (χ3n) is 3.81. The van der Waals surface area contributed by atoms with Crippen molar-refractivity contribution in [3.8, 4) is 0 Å². The quantitative estimate of drug-likeness (QED) is 0.573. The van der Waals surface area contributed by atoms with Crippen molar-refractivity contribution in [1.29, 1.82) is 0 Å². The number of ether oxygens (including phenoxy) is 3. The summed E-state index contributed by atoms with van der Waals surface area (Å²) in [7, 11) is 0. The average Bonchev–Trinajstić information content (AvgIpc) is 1.96. The van der Waals surface area contributed by atoms with Crippen LogP contribution in [0.5, 0.6) is 0 Å². The van der Waals surface area contributed by atoms with Crippen molar-refractivity contribution in [2.45, 2.75) is 57.4 Å². The van der Waals surface area contributed by atoms with Crippen LogP contribution in [0.25, 0.3) is 0 Å². The molecule has 0 amide bonds. The lowest BCUT2D eigenvalue weighted by molar-refractivity contribution is -0.518. The van der Waals surface area contributed by atoms with Crippen LogP contribution in [0, 0.1) is 5.92 Å². The highest BCUT2D eigenvalue weighted by Gasteiger charge is 2.60. The Morgan fingerprint density at radius 1 is 1.23 bits per heavy atom. The Kier molecular flexibility index (Phi) is 1.33. The minimum Gasteiger partial charge on any atom is -0.324 e. The lowest BCUT2D eigenvalue weighted by Crippen LogP contribution is -2.69. The Labute approximate surface area is 78.3 Å². The first-order chi connectivity index (χ1) is 6.01. The molecule has 4 aliphatic rings. The molecule has 13 heavy (non-hydrogen) atoms. The zero-order valence-electron chi connectivity index (χ0n) is 8.37. The van der Waals surface area contributed by atoms with Crippen LogP contribution in [0.4, 0.5) is 0 Å². The van der Waals surface area contributed by atoms with Gasteiger partial charge in [0.1, 0.15) is 0 Å². The third-order valence-corrected chi connectivity index (χ3v) is 3.81. The van der Waals surface area contributed by atoms with Gasteiger partial charge in [-0.15, -0.1) is 0 Å². The molecule has 1 aliphatic carbocycles. The van der Waals surface area contributed by atoms with E-state index in [-0.39, 0.29) is 5.60 Å². The lowest BCUT2D eigenvalue weighted by Gasteiger charge is -2.61. The molecule has 4 fully saturated rings. The zero-order valence-corrected chi connectivity index (χ0v) is 8.37. The monoisotopic (exact) mass is 184 g/mol. The van der Waals surface area contributed by atoms with Crippen LogP contribution in [-0.4, -0.2) is 23.8 Å². The Hall–Kier alpha value is -0.120. The summed E-state index contributed by atoms with van der Waals surface area (Å²) < 4.78 is 17.3. The van der Waals surface area contributed by atoms with Gasteiger partial charge < -0.3 is 14.2 Å². The summed E-state index contributed by atoms with van der Waals surface area (Å²) >= 11 is 0. The summed E-state index contributed by atoms with van der Waals surface area (Å²) in [6.45, 7) is 6.28. The van der Waals surface area contributed by atoms with Crippen LogP contribution in [0.2, 0.25) is 0 Å². The van der Waals surface area contributed by atoms with Crippen LogP contribution < -0.4 is 0 Å². The Morgan fingerprint density at radius 2 is 2.00 bits per heavy atom. The van der Waals surface area contributed by atoms with Crippen LogP contribution in [0.1, 0.15) is 33.6 Å². The highest BCUT2D eigenvalue weighted by atomic mass is 16.9. The SMILES string of the molecule is CC1C2C[C@H]3C[C@]1(C)OC(C)(O2)O3. The van der Waals surface area contributed by atoms with Crippen molar-refractivity contribution >= 4 is 0 Å². The van der Waals surface area contributed by atoms with E-state index >= 15 is 0 Å². The van der Waals surface area contributed by atoms with Gasteiger partial charge in [-0.3, -0.25) is 0 Å². The van der Waals surface area contributed by atoms with Gasteiger partial charge >= 0.3 is 0 Å². The van der Waals surface area contributed by atoms with E-state index in [1.54, 1.807) is 0 Å². The Balaban J connectivity index is 2.01. The predicted molar refractivity (Wildman–Crippen MR) is 46.0 cm³/mol. The van der Waals surface area contributed by atoms with Crippen molar-refractivity contribution in [3.05, 3.63) is 0 Å². The van der Waals surface area contributed by atoms with Gasteiger partial charge in [0.05, 0.1) is 17.8 Å². The van der Waals surface area contributed by atoms with Gasteiger partial charge in [0.2, 0.25) is 0 Å². The molecule has 1 saturated carbocycles. The molecular weight excluding hydrogens is 168 g/mol. The van der Waals surface area contributed by atoms with Gasteiger partial charge in [-0.05, 0) is 6.92 Å². The molecular formula is C10H16O3. The second-order valence-electron chi connectivity index (χ2n) is 4.90. The van der Waals surface area contributed by atoms with Crippen molar-refractivity contribution in [2.75, 3.05) is 0 Å². The topological polar surface area (TPSA) is 27.7 Å². The second-order valence-corrected chi connectivity index (χ2v) is 4.90. The second kappa shape index (κ2) is 2.10. The summed E-state index contributed by atoms with van der Waals surface area (Å²) in [5.74, 6) is -0.270. The van der Waals surface area contributed by atoms with Crippen LogP contribution in [0.15, 0.2) is 0 Å². The number of hydrogen-bond donors (Lipinski definition) is 0. The van der Waals surface area contributed by atoms with E-state index in [0.717, 1.165) is 12.8 Å². The molecule has 0 spiro atoms. The Morgan fingerprint density at radius 3 is 2.62 bits per heavy atom. The normalized spacial score (nSPS) is 64.4. The molecule has 3 heteroatoms. The largest absolute Gasteiger partial charge is 0.324 e. The minimum atomic E-state index is -0.757. The molecule has 3 unspecified atom stereocenters. The molecule has 0 N–H and O–H groups in total. The molecule has 3 aliphatic heterocycles. The van der Waals surface area contributed by atoms with E-state index in [9.17, 15) is 0 Å². The maximum Gasteiger partial charge on any atom is 0.280 e. The molecule has 3 heterocycles. The molecule has 0 aromatic rings. The predicted octanol–water partition coefficient (Wildman–Crippen LogP) is 1.66. The fraction of sp³-hybridized carbons (Fsp3) is 1.00. The molecule has 4 rings (SSSR count). The van der Waals surface area contributed by atoms with Gasteiger partial charge in [-0.25, -0.2) is 0 Å². The first-order valence-corrected chi connectivity index (χ1v) is 5.07. The highest BCUT2D eigenvalue weighted by molar-refractivity contribution is 5.02. The van der Waals surface area contributed by atoms with E-state index in [0.29, 0.717) is 18.1 Å². The summed E-state index contributed by atoms with van der Waals surface area (Å²) in [4.78, 5) is 0. The van der Waals surface area contributed by atoms with Gasteiger partial charge in [-0.1, -0.05) is 6.92 Å². The first-order valence-electron chi connectivity index (χ1n) is 5.07. The maximum absolute atomic E-state index is 5.87. The van der Waals surface area contributed by atoms with Crippen LogP contribution in [-0.2, 0) is 14.2 Å². The van der Waals surface area contributed by atoms with E-state index in [1.807, 2.05) is 6.92 Å². The third kappa shape index (κ3) is 0.953. The van der Waals surface area contributed by atoms with Crippen molar-refractivity contribution in [3.63, 3.8) is 0 Å². The maximum atomic E-state index is 5.87. The lowest BCUT2D eigenvalue weighted by atomic mass is 9.72. The first kappa shape index (κ1) is 8.21. The number of rotatable bonds is 0. The zero-order chi connectivity index (χ0) is 9.27. The van der Waals surface area contributed by atoms with Gasteiger partial charge in [0.25, 0.3) is 5.97 Å². The average molecular weight is 184 g/mol. The molecule has 0 aromatic carbocycles. The summed E-state index contributed by atoms with van der Waals surface area (Å²) in [6, 6.07) is 0. The molecule has 0 aromatic heterocycles. The standard InChI is InChI=1S/C10H16O3/c1-6-8-4-7-5-9(6,2)13-10(3,11-7)12-8/h6-8H,4-5H2,1-3H3/t6?,7-,8?,9-,10?/m0/s1. The smallest absolute Gasteiger partial charge is 0.280 e. The van der Waals surface area contributed by atoms with Crippen molar-refractivity contribution in [2.24, 2.45) is 5.92 Å². The van der Waals surface area contributed by atoms with E-state index in [4.69, 9.17) is 14.2 Å². The fourth-order valence-electron chi connectivity index (χ4n) is 3.03. The Bertz CT molecular complexity index is 255.